The molecule has 0 aromatic heterocycles. The van der Waals surface area contributed by atoms with E-state index in [0.29, 0.717) is 24.3 Å². The first-order valence-electron chi connectivity index (χ1n) is 8.27. The van der Waals surface area contributed by atoms with Crippen molar-refractivity contribution in [1.29, 1.82) is 0 Å². The van der Waals surface area contributed by atoms with Gasteiger partial charge in [0.1, 0.15) is 11.3 Å². The predicted octanol–water partition coefficient (Wildman–Crippen LogP) is 1.38. The summed E-state index contributed by atoms with van der Waals surface area (Å²) in [7, 11) is 1.59. The molecule has 3 atom stereocenters. The lowest BCUT2D eigenvalue weighted by Gasteiger charge is -2.57. The molecule has 1 aliphatic carbocycles. The van der Waals surface area contributed by atoms with Gasteiger partial charge in [0.15, 0.2) is 0 Å². The molecule has 1 fully saturated rings. The SMILES string of the molecule is CCOC1CC(N)(C(=O)NCC(O)c2ccc(OC)cc2)C1(C)C. The van der Waals surface area contributed by atoms with Crippen LogP contribution in [0.15, 0.2) is 24.3 Å². The minimum atomic E-state index is -0.980. The Morgan fingerprint density at radius 2 is 2.04 bits per heavy atom. The van der Waals surface area contributed by atoms with Crippen LogP contribution < -0.4 is 15.8 Å². The number of ether oxygens (including phenoxy) is 2. The van der Waals surface area contributed by atoms with Crippen molar-refractivity contribution >= 4 is 5.91 Å². The van der Waals surface area contributed by atoms with Gasteiger partial charge in [0.05, 0.1) is 19.3 Å². The molecule has 0 aliphatic heterocycles. The Hall–Kier alpha value is -1.63. The number of aliphatic hydroxyl groups excluding tert-OH is 1. The molecule has 0 spiro atoms. The summed E-state index contributed by atoms with van der Waals surface area (Å²) >= 11 is 0. The minimum Gasteiger partial charge on any atom is -0.497 e. The van der Waals surface area contributed by atoms with E-state index >= 15 is 0 Å². The van der Waals surface area contributed by atoms with E-state index in [1.54, 1.807) is 31.4 Å². The molecule has 2 rings (SSSR count). The van der Waals surface area contributed by atoms with Gasteiger partial charge in [-0.1, -0.05) is 26.0 Å². The van der Waals surface area contributed by atoms with Gasteiger partial charge >= 0.3 is 0 Å². The second-order valence-electron chi connectivity index (χ2n) is 6.84. The fourth-order valence-electron chi connectivity index (χ4n) is 3.11. The number of nitrogens with one attached hydrogen (secondary N) is 1. The average molecular weight is 336 g/mol. The number of nitrogens with two attached hydrogens (primary N) is 1. The largest absolute Gasteiger partial charge is 0.497 e. The number of rotatable bonds is 7. The minimum absolute atomic E-state index is 0.0234. The fourth-order valence-corrected chi connectivity index (χ4v) is 3.11. The van der Waals surface area contributed by atoms with E-state index in [0.717, 1.165) is 0 Å². The highest BCUT2D eigenvalue weighted by Gasteiger charge is 2.62. The lowest BCUT2D eigenvalue weighted by Crippen LogP contribution is -2.75. The van der Waals surface area contributed by atoms with E-state index in [2.05, 4.69) is 5.32 Å². The van der Waals surface area contributed by atoms with Crippen molar-refractivity contribution in [3.8, 4) is 5.75 Å². The van der Waals surface area contributed by atoms with Crippen LogP contribution in [0.2, 0.25) is 0 Å². The van der Waals surface area contributed by atoms with Gasteiger partial charge in [0.25, 0.3) is 0 Å². The van der Waals surface area contributed by atoms with Gasteiger partial charge in [-0.25, -0.2) is 0 Å². The number of hydrogen-bond donors (Lipinski definition) is 3. The Labute approximate surface area is 143 Å². The van der Waals surface area contributed by atoms with Crippen molar-refractivity contribution in [1.82, 2.24) is 5.32 Å². The van der Waals surface area contributed by atoms with Gasteiger partial charge in [0, 0.05) is 25.0 Å². The highest BCUT2D eigenvalue weighted by Crippen LogP contribution is 2.49. The first-order valence-corrected chi connectivity index (χ1v) is 8.27. The Bertz CT molecular complexity index is 573. The van der Waals surface area contributed by atoms with Crippen molar-refractivity contribution in [2.45, 2.75) is 44.9 Å². The third kappa shape index (κ3) is 3.27. The predicted molar refractivity (Wildman–Crippen MR) is 91.7 cm³/mol. The molecule has 1 aliphatic rings. The van der Waals surface area contributed by atoms with Crippen LogP contribution in [0.5, 0.6) is 5.75 Å². The molecule has 3 unspecified atom stereocenters. The van der Waals surface area contributed by atoms with Gasteiger partial charge in [-0.05, 0) is 24.6 Å². The molecule has 0 bridgehead atoms. The number of amides is 1. The molecule has 1 aromatic carbocycles. The van der Waals surface area contributed by atoms with Crippen LogP contribution in [0.1, 0.15) is 38.9 Å². The Morgan fingerprint density at radius 3 is 2.54 bits per heavy atom. The molecule has 1 saturated carbocycles. The van der Waals surface area contributed by atoms with E-state index in [-0.39, 0.29) is 18.6 Å². The van der Waals surface area contributed by atoms with Crippen LogP contribution >= 0.6 is 0 Å². The number of benzene rings is 1. The molecule has 4 N–H and O–H groups in total. The number of aliphatic hydroxyl groups is 1. The zero-order valence-corrected chi connectivity index (χ0v) is 14.8. The molecule has 0 radical (unpaired) electrons. The molecule has 6 nitrogen and oxygen atoms in total. The highest BCUT2D eigenvalue weighted by atomic mass is 16.5. The van der Waals surface area contributed by atoms with Crippen molar-refractivity contribution in [3.05, 3.63) is 29.8 Å². The quantitative estimate of drug-likeness (QED) is 0.699. The van der Waals surface area contributed by atoms with Crippen LogP contribution in [-0.2, 0) is 9.53 Å². The summed E-state index contributed by atoms with van der Waals surface area (Å²) in [6.07, 6.45) is -0.336. The maximum Gasteiger partial charge on any atom is 0.240 e. The van der Waals surface area contributed by atoms with E-state index < -0.39 is 17.1 Å². The van der Waals surface area contributed by atoms with Gasteiger partial charge < -0.3 is 25.6 Å². The molecule has 24 heavy (non-hydrogen) atoms. The topological polar surface area (TPSA) is 93.8 Å². The monoisotopic (exact) mass is 336 g/mol. The zero-order valence-electron chi connectivity index (χ0n) is 14.8. The first kappa shape index (κ1) is 18.7. The van der Waals surface area contributed by atoms with E-state index in [1.807, 2.05) is 20.8 Å². The number of methoxy groups -OCH3 is 1. The third-order valence-electron chi connectivity index (χ3n) is 5.19. The summed E-state index contributed by atoms with van der Waals surface area (Å²) in [5.74, 6) is 0.463. The summed E-state index contributed by atoms with van der Waals surface area (Å²) in [6.45, 7) is 6.52. The molecule has 6 heteroatoms. The standard InChI is InChI=1S/C18H28N2O4/c1-5-24-15-10-18(19,17(15,2)3)16(22)20-11-14(21)12-6-8-13(23-4)9-7-12/h6-9,14-15,21H,5,10-11,19H2,1-4H3,(H,20,22). The number of carbonyl (C=O) groups excluding carboxylic acids is 1. The molecular formula is C18H28N2O4. The van der Waals surface area contributed by atoms with Gasteiger partial charge in [0.2, 0.25) is 5.91 Å². The Morgan fingerprint density at radius 1 is 1.42 bits per heavy atom. The second kappa shape index (κ2) is 7.09. The number of carbonyl (C=O) groups is 1. The smallest absolute Gasteiger partial charge is 0.240 e. The van der Waals surface area contributed by atoms with Crippen LogP contribution in [0.3, 0.4) is 0 Å². The van der Waals surface area contributed by atoms with E-state index in [4.69, 9.17) is 15.2 Å². The maximum absolute atomic E-state index is 12.5. The molecule has 1 amide bonds. The maximum atomic E-state index is 12.5. The van der Waals surface area contributed by atoms with E-state index in [9.17, 15) is 9.90 Å². The van der Waals surface area contributed by atoms with Gasteiger partial charge in [-0.15, -0.1) is 0 Å². The summed E-state index contributed by atoms with van der Waals surface area (Å²) in [6, 6.07) is 7.08. The lowest BCUT2D eigenvalue weighted by molar-refractivity contribution is -0.170. The van der Waals surface area contributed by atoms with Crippen LogP contribution in [0, 0.1) is 5.41 Å². The van der Waals surface area contributed by atoms with E-state index in [1.165, 1.54) is 0 Å². The van der Waals surface area contributed by atoms with Gasteiger partial charge in [-0.2, -0.15) is 0 Å². The fraction of sp³-hybridized carbons (Fsp3) is 0.611. The van der Waals surface area contributed by atoms with Crippen molar-refractivity contribution in [2.24, 2.45) is 11.1 Å². The Kier molecular flexibility index (Phi) is 5.52. The lowest BCUT2D eigenvalue weighted by atomic mass is 9.54. The second-order valence-corrected chi connectivity index (χ2v) is 6.84. The normalized spacial score (nSPS) is 26.3. The van der Waals surface area contributed by atoms with Crippen LogP contribution in [0.4, 0.5) is 0 Å². The first-order chi connectivity index (χ1) is 11.3. The average Bonchev–Trinajstić information content (AvgIpc) is 2.58. The van der Waals surface area contributed by atoms with Crippen molar-refractivity contribution in [3.63, 3.8) is 0 Å². The van der Waals surface area contributed by atoms with Crippen LogP contribution in [-0.4, -0.2) is 42.9 Å². The van der Waals surface area contributed by atoms with Crippen molar-refractivity contribution in [2.75, 3.05) is 20.3 Å². The Balaban J connectivity index is 1.92. The summed E-state index contributed by atoms with van der Waals surface area (Å²) < 4.78 is 10.7. The van der Waals surface area contributed by atoms with Gasteiger partial charge in [-0.3, -0.25) is 4.79 Å². The summed E-state index contributed by atoms with van der Waals surface area (Å²) in [4.78, 5) is 12.5. The summed E-state index contributed by atoms with van der Waals surface area (Å²) in [5.41, 5.74) is 5.60. The summed E-state index contributed by atoms with van der Waals surface area (Å²) in [5, 5.41) is 13.0. The van der Waals surface area contributed by atoms with Crippen LogP contribution in [0.25, 0.3) is 0 Å². The molecule has 0 saturated heterocycles. The molecular weight excluding hydrogens is 308 g/mol. The number of hydrogen-bond acceptors (Lipinski definition) is 5. The molecule has 1 aromatic rings. The highest BCUT2D eigenvalue weighted by molar-refractivity contribution is 5.88. The third-order valence-corrected chi connectivity index (χ3v) is 5.19. The zero-order chi connectivity index (χ0) is 18.0. The molecule has 134 valence electrons. The molecule has 0 heterocycles. The van der Waals surface area contributed by atoms with Crippen molar-refractivity contribution < 1.29 is 19.4 Å².